The van der Waals surface area contributed by atoms with Gasteiger partial charge in [0.1, 0.15) is 0 Å². The number of rotatable bonds is 0. The summed E-state index contributed by atoms with van der Waals surface area (Å²) in [6.07, 6.45) is 4.36. The SMILES string of the molecule is Clc1ccc2c(c1)CCc1ccccc1N2.c1ccc2c(c1)CCc1ccccc1N2. The fourth-order valence-corrected chi connectivity index (χ4v) is 4.50. The number of aryl methyl sites for hydroxylation is 4. The normalized spacial score (nSPS) is 13.3. The summed E-state index contributed by atoms with van der Waals surface area (Å²) in [5.41, 5.74) is 10.4. The quantitative estimate of drug-likeness (QED) is 0.302. The van der Waals surface area contributed by atoms with Gasteiger partial charge >= 0.3 is 0 Å². The molecule has 4 aromatic carbocycles. The lowest BCUT2D eigenvalue weighted by atomic mass is 10.0. The van der Waals surface area contributed by atoms with Crippen LogP contribution in [-0.4, -0.2) is 0 Å². The van der Waals surface area contributed by atoms with Crippen molar-refractivity contribution < 1.29 is 0 Å². The molecule has 0 unspecified atom stereocenters. The molecule has 2 nitrogen and oxygen atoms in total. The van der Waals surface area contributed by atoms with Crippen LogP contribution in [-0.2, 0) is 25.7 Å². The predicted octanol–water partition coefficient (Wildman–Crippen LogP) is 7.71. The van der Waals surface area contributed by atoms with Crippen molar-refractivity contribution in [1.82, 2.24) is 0 Å². The second kappa shape index (κ2) is 8.87. The van der Waals surface area contributed by atoms with Crippen LogP contribution in [0.3, 0.4) is 0 Å². The van der Waals surface area contributed by atoms with Gasteiger partial charge < -0.3 is 10.6 Å². The van der Waals surface area contributed by atoms with Gasteiger partial charge in [0.2, 0.25) is 0 Å². The average molecular weight is 425 g/mol. The minimum atomic E-state index is 0.812. The van der Waals surface area contributed by atoms with E-state index in [9.17, 15) is 0 Å². The predicted molar refractivity (Wildman–Crippen MR) is 132 cm³/mol. The Balaban J connectivity index is 0.000000132. The van der Waals surface area contributed by atoms with Crippen LogP contribution in [0.2, 0.25) is 5.02 Å². The molecule has 2 aliphatic heterocycles. The smallest absolute Gasteiger partial charge is 0.0418 e. The summed E-state index contributed by atoms with van der Waals surface area (Å²) in [5.74, 6) is 0. The summed E-state index contributed by atoms with van der Waals surface area (Å²) in [6, 6.07) is 31.6. The van der Waals surface area contributed by atoms with E-state index in [-0.39, 0.29) is 0 Å². The highest BCUT2D eigenvalue weighted by Gasteiger charge is 2.12. The van der Waals surface area contributed by atoms with Crippen LogP contribution in [0.1, 0.15) is 22.3 Å². The lowest BCUT2D eigenvalue weighted by molar-refractivity contribution is 0.977. The molecule has 2 N–H and O–H groups in total. The summed E-state index contributed by atoms with van der Waals surface area (Å²) in [6.45, 7) is 0. The number of hydrogen-bond acceptors (Lipinski definition) is 2. The Bertz CT molecular complexity index is 1170. The Labute approximate surface area is 188 Å². The Kier molecular flexibility index (Phi) is 5.64. The van der Waals surface area contributed by atoms with Gasteiger partial charge in [-0.05, 0) is 84.3 Å². The van der Waals surface area contributed by atoms with Crippen molar-refractivity contribution in [3.63, 3.8) is 0 Å². The van der Waals surface area contributed by atoms with Crippen LogP contribution in [0.4, 0.5) is 22.7 Å². The summed E-state index contributed by atoms with van der Waals surface area (Å²) in [4.78, 5) is 0. The summed E-state index contributed by atoms with van der Waals surface area (Å²) >= 11 is 6.01. The number of halogens is 1. The van der Waals surface area contributed by atoms with Crippen LogP contribution in [0.5, 0.6) is 0 Å². The largest absolute Gasteiger partial charge is 0.355 e. The molecule has 2 aliphatic rings. The standard InChI is InChI=1S/C14H12ClN.C14H13N/c15-12-7-8-14-11(9-12)6-5-10-3-1-2-4-13(10)16-14;1-3-7-13-11(5-1)9-10-12-6-2-4-8-14(12)15-13/h1-4,7-9,16H,5-6H2;1-8,15H,9-10H2. The third kappa shape index (κ3) is 4.45. The number of fused-ring (bicyclic) bond motifs is 4. The molecule has 0 spiro atoms. The number of benzene rings is 4. The number of anilines is 4. The Morgan fingerprint density at radius 2 is 0.839 bits per heavy atom. The van der Waals surface area contributed by atoms with E-state index < -0.39 is 0 Å². The van der Waals surface area contributed by atoms with Gasteiger partial charge in [-0.2, -0.15) is 0 Å². The molecular formula is C28H25ClN2. The van der Waals surface area contributed by atoms with E-state index >= 15 is 0 Å². The fraction of sp³-hybridized carbons (Fsp3) is 0.143. The molecule has 0 saturated heterocycles. The van der Waals surface area contributed by atoms with Crippen molar-refractivity contribution in [3.8, 4) is 0 Å². The molecule has 31 heavy (non-hydrogen) atoms. The summed E-state index contributed by atoms with van der Waals surface area (Å²) in [7, 11) is 0. The minimum Gasteiger partial charge on any atom is -0.355 e. The van der Waals surface area contributed by atoms with Crippen molar-refractivity contribution in [3.05, 3.63) is 118 Å². The van der Waals surface area contributed by atoms with Gasteiger partial charge in [-0.3, -0.25) is 0 Å². The summed E-state index contributed by atoms with van der Waals surface area (Å²) in [5, 5.41) is 7.79. The average Bonchev–Trinajstić information content (AvgIpc) is 3.11. The Morgan fingerprint density at radius 3 is 1.32 bits per heavy atom. The molecule has 3 heteroatoms. The zero-order valence-corrected chi connectivity index (χ0v) is 18.1. The third-order valence-electron chi connectivity index (χ3n) is 5.99. The van der Waals surface area contributed by atoms with Gasteiger partial charge in [-0.25, -0.2) is 0 Å². The topological polar surface area (TPSA) is 24.1 Å². The monoisotopic (exact) mass is 424 g/mol. The van der Waals surface area contributed by atoms with E-state index in [1.165, 1.54) is 45.0 Å². The molecule has 0 atom stereocenters. The van der Waals surface area contributed by atoms with Crippen molar-refractivity contribution >= 4 is 34.4 Å². The number of nitrogens with one attached hydrogen (secondary N) is 2. The van der Waals surface area contributed by atoms with Gasteiger partial charge in [0.05, 0.1) is 0 Å². The highest BCUT2D eigenvalue weighted by Crippen LogP contribution is 2.31. The van der Waals surface area contributed by atoms with Crippen LogP contribution < -0.4 is 10.6 Å². The van der Waals surface area contributed by atoms with Crippen molar-refractivity contribution in [2.75, 3.05) is 10.6 Å². The highest BCUT2D eigenvalue weighted by molar-refractivity contribution is 6.30. The Morgan fingerprint density at radius 1 is 0.452 bits per heavy atom. The molecule has 0 aromatic heterocycles. The number of hydrogen-bond donors (Lipinski definition) is 2. The molecule has 6 rings (SSSR count). The molecule has 0 amide bonds. The molecule has 0 aliphatic carbocycles. The minimum absolute atomic E-state index is 0.812. The van der Waals surface area contributed by atoms with Crippen molar-refractivity contribution in [2.45, 2.75) is 25.7 Å². The molecule has 2 heterocycles. The van der Waals surface area contributed by atoms with Crippen LogP contribution in [0.15, 0.2) is 91.0 Å². The second-order valence-corrected chi connectivity index (χ2v) is 8.46. The lowest BCUT2D eigenvalue weighted by Gasteiger charge is -2.09. The molecule has 4 aromatic rings. The molecule has 0 fully saturated rings. The van der Waals surface area contributed by atoms with Crippen LogP contribution in [0, 0.1) is 0 Å². The van der Waals surface area contributed by atoms with Gasteiger partial charge in [0.15, 0.2) is 0 Å². The molecular weight excluding hydrogens is 400 g/mol. The van der Waals surface area contributed by atoms with E-state index in [1.54, 1.807) is 0 Å². The molecule has 0 bridgehead atoms. The third-order valence-corrected chi connectivity index (χ3v) is 6.22. The van der Waals surface area contributed by atoms with E-state index in [4.69, 9.17) is 11.6 Å². The molecule has 154 valence electrons. The first-order valence-electron chi connectivity index (χ1n) is 10.8. The zero-order chi connectivity index (χ0) is 21.0. The van der Waals surface area contributed by atoms with Crippen molar-refractivity contribution in [2.24, 2.45) is 0 Å². The lowest BCUT2D eigenvalue weighted by Crippen LogP contribution is -1.92. The van der Waals surface area contributed by atoms with E-state index in [1.807, 2.05) is 6.07 Å². The number of para-hydroxylation sites is 3. The maximum Gasteiger partial charge on any atom is 0.0418 e. The van der Waals surface area contributed by atoms with E-state index in [2.05, 4.69) is 95.6 Å². The van der Waals surface area contributed by atoms with Crippen molar-refractivity contribution in [1.29, 1.82) is 0 Å². The van der Waals surface area contributed by atoms with Gasteiger partial charge in [-0.1, -0.05) is 66.2 Å². The summed E-state index contributed by atoms with van der Waals surface area (Å²) < 4.78 is 0. The highest BCUT2D eigenvalue weighted by atomic mass is 35.5. The second-order valence-electron chi connectivity index (χ2n) is 8.02. The van der Waals surface area contributed by atoms with Gasteiger partial charge in [-0.15, -0.1) is 0 Å². The zero-order valence-electron chi connectivity index (χ0n) is 17.4. The van der Waals surface area contributed by atoms with Crippen LogP contribution in [0.25, 0.3) is 0 Å². The van der Waals surface area contributed by atoms with Gasteiger partial charge in [0.25, 0.3) is 0 Å². The van der Waals surface area contributed by atoms with Gasteiger partial charge in [0, 0.05) is 27.8 Å². The fourth-order valence-electron chi connectivity index (χ4n) is 4.30. The first-order valence-corrected chi connectivity index (χ1v) is 11.2. The first-order chi connectivity index (χ1) is 15.3. The van der Waals surface area contributed by atoms with Crippen LogP contribution >= 0.6 is 11.6 Å². The first kappa shape index (κ1) is 19.7. The molecule has 0 saturated carbocycles. The molecule has 0 radical (unpaired) electrons. The maximum absolute atomic E-state index is 6.01. The maximum atomic E-state index is 6.01. The van der Waals surface area contributed by atoms with E-state index in [0.717, 1.165) is 30.7 Å². The Hall–Kier alpha value is -3.23. The van der Waals surface area contributed by atoms with E-state index in [0.29, 0.717) is 0 Å².